The Bertz CT molecular complexity index is 1050. The topological polar surface area (TPSA) is 58.1 Å². The number of hydrogen-bond donors (Lipinski definition) is 1. The predicted molar refractivity (Wildman–Crippen MR) is 102 cm³/mol. The number of rotatable bonds is 4. The second-order valence-electron chi connectivity index (χ2n) is 6.68. The number of aromatic nitrogens is 2. The Morgan fingerprint density at radius 3 is 2.38 bits per heavy atom. The lowest BCUT2D eigenvalue weighted by molar-refractivity contribution is 0.0787. The normalized spacial score (nSPS) is 13.6. The quantitative estimate of drug-likeness (QED) is 0.656. The molecule has 4 rings (SSSR count). The van der Waals surface area contributed by atoms with Crippen molar-refractivity contribution >= 4 is 17.4 Å². The number of likely N-dealkylation sites (tertiary alicyclic amines) is 1. The lowest BCUT2D eigenvalue weighted by atomic mass is 10.2. The summed E-state index contributed by atoms with van der Waals surface area (Å²) in [6.07, 6.45) is 1.85. The van der Waals surface area contributed by atoms with E-state index in [1.54, 1.807) is 29.2 Å². The molecule has 2 aromatic carbocycles. The summed E-state index contributed by atoms with van der Waals surface area (Å²) in [7, 11) is 0. The first-order chi connectivity index (χ1) is 14.0. The van der Waals surface area contributed by atoms with Crippen LogP contribution >= 0.6 is 0 Å². The van der Waals surface area contributed by atoms with Gasteiger partial charge in [0.25, 0.3) is 5.91 Å². The number of nitrogens with one attached hydrogen (secondary N) is 1. The van der Waals surface area contributed by atoms with Gasteiger partial charge in [-0.05, 0) is 25.0 Å². The van der Waals surface area contributed by atoms with E-state index in [1.165, 1.54) is 6.07 Å². The van der Waals surface area contributed by atoms with Crippen LogP contribution in [0.25, 0.3) is 11.4 Å². The third-order valence-electron chi connectivity index (χ3n) is 4.67. The van der Waals surface area contributed by atoms with E-state index in [0.29, 0.717) is 18.7 Å². The van der Waals surface area contributed by atoms with Crippen LogP contribution in [0, 0.1) is 17.5 Å². The zero-order chi connectivity index (χ0) is 20.4. The minimum Gasteiger partial charge on any atom is -0.338 e. The number of carbonyl (C=O) groups is 1. The van der Waals surface area contributed by atoms with Gasteiger partial charge in [0, 0.05) is 24.7 Å². The summed E-state index contributed by atoms with van der Waals surface area (Å²) in [5, 5.41) is 2.63. The van der Waals surface area contributed by atoms with E-state index in [0.717, 1.165) is 25.0 Å². The van der Waals surface area contributed by atoms with Crippen molar-refractivity contribution in [1.82, 2.24) is 14.9 Å². The molecule has 2 heterocycles. The molecule has 148 valence electrons. The molecule has 0 unspecified atom stereocenters. The number of hydrogen-bond acceptors (Lipinski definition) is 4. The summed E-state index contributed by atoms with van der Waals surface area (Å²) < 4.78 is 40.9. The van der Waals surface area contributed by atoms with Crippen molar-refractivity contribution in [2.24, 2.45) is 0 Å². The largest absolute Gasteiger partial charge is 0.338 e. The summed E-state index contributed by atoms with van der Waals surface area (Å²) in [6.45, 7) is 1.29. The average Bonchev–Trinajstić information content (AvgIpc) is 3.29. The van der Waals surface area contributed by atoms with Crippen LogP contribution in [0.4, 0.5) is 24.7 Å². The average molecular weight is 398 g/mol. The monoisotopic (exact) mass is 398 g/mol. The van der Waals surface area contributed by atoms with E-state index in [9.17, 15) is 18.0 Å². The summed E-state index contributed by atoms with van der Waals surface area (Å²) in [5.41, 5.74) is 0.518. The molecular formula is C21H17F3N4O. The fraction of sp³-hybridized carbons (Fsp3) is 0.190. The first-order valence-electron chi connectivity index (χ1n) is 9.17. The summed E-state index contributed by atoms with van der Waals surface area (Å²) in [6, 6.07) is 12.3. The van der Waals surface area contributed by atoms with Gasteiger partial charge in [0.2, 0.25) is 0 Å². The van der Waals surface area contributed by atoms with E-state index < -0.39 is 17.5 Å². The molecule has 0 aliphatic carbocycles. The highest BCUT2D eigenvalue weighted by Gasteiger charge is 2.23. The van der Waals surface area contributed by atoms with Crippen LogP contribution in [0.15, 0.2) is 48.5 Å². The zero-order valence-electron chi connectivity index (χ0n) is 15.3. The SMILES string of the molecule is O=C(c1cc(Nc2ccc(F)c(F)c2F)nc(-c2ccccc2)n1)N1CCCC1. The maximum Gasteiger partial charge on any atom is 0.272 e. The molecule has 0 spiro atoms. The number of nitrogens with zero attached hydrogens (tertiary/aromatic N) is 3. The van der Waals surface area contributed by atoms with Crippen molar-refractivity contribution < 1.29 is 18.0 Å². The van der Waals surface area contributed by atoms with Crippen LogP contribution in [0.2, 0.25) is 0 Å². The molecule has 5 nitrogen and oxygen atoms in total. The molecule has 0 atom stereocenters. The third-order valence-corrected chi connectivity index (χ3v) is 4.67. The van der Waals surface area contributed by atoms with Crippen LogP contribution < -0.4 is 5.32 Å². The molecule has 0 saturated carbocycles. The molecule has 3 aromatic rings. The van der Waals surface area contributed by atoms with E-state index in [2.05, 4.69) is 15.3 Å². The first-order valence-corrected chi connectivity index (χ1v) is 9.17. The Labute approximate surface area is 165 Å². The van der Waals surface area contributed by atoms with Crippen LogP contribution in [0.3, 0.4) is 0 Å². The smallest absolute Gasteiger partial charge is 0.272 e. The van der Waals surface area contributed by atoms with Gasteiger partial charge in [-0.1, -0.05) is 30.3 Å². The summed E-state index contributed by atoms with van der Waals surface area (Å²) in [5.74, 6) is -4.12. The second kappa shape index (κ2) is 7.90. The fourth-order valence-electron chi connectivity index (χ4n) is 3.18. The number of benzene rings is 2. The lowest BCUT2D eigenvalue weighted by Gasteiger charge is -2.16. The Morgan fingerprint density at radius 2 is 1.66 bits per heavy atom. The number of anilines is 2. The molecular weight excluding hydrogens is 381 g/mol. The molecule has 1 N–H and O–H groups in total. The highest BCUT2D eigenvalue weighted by Crippen LogP contribution is 2.25. The van der Waals surface area contributed by atoms with E-state index >= 15 is 0 Å². The summed E-state index contributed by atoms with van der Waals surface area (Å²) >= 11 is 0. The highest BCUT2D eigenvalue weighted by atomic mass is 19.2. The van der Waals surface area contributed by atoms with Crippen LogP contribution in [-0.4, -0.2) is 33.9 Å². The number of carbonyl (C=O) groups excluding carboxylic acids is 1. The minimum absolute atomic E-state index is 0.103. The first kappa shape index (κ1) is 18.9. The third kappa shape index (κ3) is 3.91. The predicted octanol–water partition coefficient (Wildman–Crippen LogP) is 4.54. The maximum absolute atomic E-state index is 14.1. The van der Waals surface area contributed by atoms with Gasteiger partial charge in [-0.15, -0.1) is 0 Å². The lowest BCUT2D eigenvalue weighted by Crippen LogP contribution is -2.28. The van der Waals surface area contributed by atoms with E-state index in [4.69, 9.17) is 0 Å². The van der Waals surface area contributed by atoms with Gasteiger partial charge in [-0.2, -0.15) is 0 Å². The van der Waals surface area contributed by atoms with Crippen LogP contribution in [-0.2, 0) is 0 Å². The Kier molecular flexibility index (Phi) is 5.16. The van der Waals surface area contributed by atoms with Gasteiger partial charge in [0.05, 0.1) is 5.69 Å². The molecule has 1 aliphatic rings. The number of amides is 1. The highest BCUT2D eigenvalue weighted by molar-refractivity contribution is 5.93. The van der Waals surface area contributed by atoms with Crippen molar-refractivity contribution in [2.45, 2.75) is 12.8 Å². The van der Waals surface area contributed by atoms with Gasteiger partial charge < -0.3 is 10.2 Å². The van der Waals surface area contributed by atoms with Gasteiger partial charge in [0.1, 0.15) is 11.5 Å². The van der Waals surface area contributed by atoms with Crippen molar-refractivity contribution in [3.8, 4) is 11.4 Å². The molecule has 8 heteroatoms. The van der Waals surface area contributed by atoms with E-state index in [-0.39, 0.29) is 28.9 Å². The standard InChI is InChI=1S/C21H17F3N4O/c22-14-8-9-15(19(24)18(14)23)25-17-12-16(21(29)28-10-4-5-11-28)26-20(27-17)13-6-2-1-3-7-13/h1-3,6-9,12H,4-5,10-11H2,(H,25,26,27). The molecule has 1 amide bonds. The maximum atomic E-state index is 14.1. The van der Waals surface area contributed by atoms with Gasteiger partial charge in [-0.25, -0.2) is 23.1 Å². The van der Waals surface area contributed by atoms with Crippen molar-refractivity contribution in [2.75, 3.05) is 18.4 Å². The van der Waals surface area contributed by atoms with Gasteiger partial charge in [-0.3, -0.25) is 4.79 Å². The van der Waals surface area contributed by atoms with Crippen LogP contribution in [0.5, 0.6) is 0 Å². The Hall–Kier alpha value is -3.42. The van der Waals surface area contributed by atoms with Gasteiger partial charge >= 0.3 is 0 Å². The fourth-order valence-corrected chi connectivity index (χ4v) is 3.18. The van der Waals surface area contributed by atoms with E-state index in [1.807, 2.05) is 6.07 Å². The minimum atomic E-state index is -1.58. The molecule has 0 bridgehead atoms. The molecule has 1 aliphatic heterocycles. The van der Waals surface area contributed by atoms with Crippen LogP contribution in [0.1, 0.15) is 23.3 Å². The molecule has 1 saturated heterocycles. The zero-order valence-corrected chi connectivity index (χ0v) is 15.3. The Balaban J connectivity index is 1.75. The number of halogens is 3. The molecule has 0 radical (unpaired) electrons. The van der Waals surface area contributed by atoms with Crippen molar-refractivity contribution in [1.29, 1.82) is 0 Å². The Morgan fingerprint density at radius 1 is 0.931 bits per heavy atom. The summed E-state index contributed by atoms with van der Waals surface area (Å²) in [4.78, 5) is 23.2. The molecule has 29 heavy (non-hydrogen) atoms. The molecule has 1 fully saturated rings. The molecule has 1 aromatic heterocycles. The second-order valence-corrected chi connectivity index (χ2v) is 6.68. The van der Waals surface area contributed by atoms with Crippen molar-refractivity contribution in [3.05, 3.63) is 71.7 Å². The van der Waals surface area contributed by atoms with Gasteiger partial charge in [0.15, 0.2) is 23.3 Å². The van der Waals surface area contributed by atoms with Crippen molar-refractivity contribution in [3.63, 3.8) is 0 Å².